The van der Waals surface area contributed by atoms with Gasteiger partial charge in [-0.1, -0.05) is 41.2 Å². The first-order valence-electron chi connectivity index (χ1n) is 11.3. The standard InChI is InChI=1S/C27H19N3O5S/c1-13-7-8-19-18(10-13)24(31)21-23(16-5-4-6-17(12-16)30(33)34)29(26(32)25(21)35-19)27-28-22-15(3)9-14(2)11-20(22)36-27/h4-12,23H,1-3H3/t23-/m1/s1. The van der Waals surface area contributed by atoms with Crippen molar-refractivity contribution in [3.8, 4) is 0 Å². The van der Waals surface area contributed by atoms with Gasteiger partial charge in [0.05, 0.1) is 32.1 Å². The Balaban J connectivity index is 1.66. The van der Waals surface area contributed by atoms with Gasteiger partial charge in [-0.05, 0) is 55.7 Å². The number of nitro groups is 1. The summed E-state index contributed by atoms with van der Waals surface area (Å²) in [6.45, 7) is 5.81. The minimum atomic E-state index is -0.921. The summed E-state index contributed by atoms with van der Waals surface area (Å²) in [5, 5.41) is 12.3. The minimum Gasteiger partial charge on any atom is -0.450 e. The molecule has 0 saturated heterocycles. The van der Waals surface area contributed by atoms with E-state index in [0.29, 0.717) is 21.7 Å². The zero-order chi connectivity index (χ0) is 25.3. The number of nitrogens with zero attached hydrogens (tertiary/aromatic N) is 3. The Hall–Kier alpha value is -4.37. The number of carbonyl (C=O) groups excluding carboxylic acids is 1. The zero-order valence-electron chi connectivity index (χ0n) is 19.6. The molecule has 9 heteroatoms. The van der Waals surface area contributed by atoms with Crippen molar-refractivity contribution in [2.45, 2.75) is 26.8 Å². The molecule has 1 atom stereocenters. The van der Waals surface area contributed by atoms with Gasteiger partial charge < -0.3 is 4.42 Å². The van der Waals surface area contributed by atoms with Crippen LogP contribution in [-0.4, -0.2) is 15.8 Å². The average Bonchev–Trinajstić information content (AvgIpc) is 3.39. The summed E-state index contributed by atoms with van der Waals surface area (Å²) in [5.41, 5.74) is 4.11. The Kier molecular flexibility index (Phi) is 4.81. The Morgan fingerprint density at radius 1 is 1.03 bits per heavy atom. The van der Waals surface area contributed by atoms with Crippen LogP contribution in [0.1, 0.15) is 44.4 Å². The maximum absolute atomic E-state index is 13.8. The second-order valence-corrected chi connectivity index (χ2v) is 10.0. The first kappa shape index (κ1) is 22.1. The SMILES string of the molecule is Cc1cc(C)c2nc(N3C(=O)c4oc5ccc(C)cc5c(=O)c4[C@H]3c3cccc([N+](=O)[O-])c3)sc2c1. The summed E-state index contributed by atoms with van der Waals surface area (Å²) >= 11 is 1.34. The average molecular weight is 498 g/mol. The van der Waals surface area contributed by atoms with Gasteiger partial charge in [-0.25, -0.2) is 4.98 Å². The second-order valence-electron chi connectivity index (χ2n) is 9.03. The number of rotatable bonds is 3. The second kappa shape index (κ2) is 7.82. The van der Waals surface area contributed by atoms with Crippen LogP contribution < -0.4 is 10.3 Å². The number of nitro benzene ring substituents is 1. The minimum absolute atomic E-state index is 0.0694. The van der Waals surface area contributed by atoms with E-state index < -0.39 is 16.9 Å². The summed E-state index contributed by atoms with van der Waals surface area (Å²) in [6.07, 6.45) is 0. The van der Waals surface area contributed by atoms with Crippen LogP contribution in [0.5, 0.6) is 0 Å². The monoisotopic (exact) mass is 497 g/mol. The molecule has 0 radical (unpaired) electrons. The van der Waals surface area contributed by atoms with E-state index in [1.54, 1.807) is 24.3 Å². The fourth-order valence-electron chi connectivity index (χ4n) is 4.87. The molecule has 0 saturated carbocycles. The first-order chi connectivity index (χ1) is 17.2. The number of benzene rings is 3. The van der Waals surface area contributed by atoms with Gasteiger partial charge in [0.1, 0.15) is 5.58 Å². The molecule has 8 nitrogen and oxygen atoms in total. The molecule has 0 aliphatic carbocycles. The van der Waals surface area contributed by atoms with E-state index in [-0.39, 0.29) is 22.4 Å². The van der Waals surface area contributed by atoms with E-state index in [0.717, 1.165) is 26.9 Å². The Morgan fingerprint density at radius 3 is 2.61 bits per heavy atom. The van der Waals surface area contributed by atoms with Gasteiger partial charge in [-0.2, -0.15) is 0 Å². The molecule has 5 aromatic rings. The van der Waals surface area contributed by atoms with Crippen molar-refractivity contribution in [2.75, 3.05) is 4.90 Å². The van der Waals surface area contributed by atoms with Crippen molar-refractivity contribution in [1.82, 2.24) is 4.98 Å². The molecular formula is C27H19N3O5S. The number of aromatic nitrogens is 1. The molecule has 1 aliphatic rings. The van der Waals surface area contributed by atoms with Crippen molar-refractivity contribution in [1.29, 1.82) is 0 Å². The number of thiazole rings is 1. The molecule has 0 bridgehead atoms. The van der Waals surface area contributed by atoms with E-state index in [9.17, 15) is 19.7 Å². The number of hydrogen-bond acceptors (Lipinski definition) is 7. The van der Waals surface area contributed by atoms with Crippen LogP contribution in [0.2, 0.25) is 0 Å². The van der Waals surface area contributed by atoms with Gasteiger partial charge in [0.2, 0.25) is 5.76 Å². The number of fused-ring (bicyclic) bond motifs is 3. The molecule has 6 rings (SSSR count). The highest BCUT2D eigenvalue weighted by Crippen LogP contribution is 2.44. The lowest BCUT2D eigenvalue weighted by molar-refractivity contribution is -0.384. The number of carbonyl (C=O) groups is 1. The molecule has 0 N–H and O–H groups in total. The van der Waals surface area contributed by atoms with Crippen LogP contribution in [0.3, 0.4) is 0 Å². The summed E-state index contributed by atoms with van der Waals surface area (Å²) in [6, 6.07) is 14.3. The van der Waals surface area contributed by atoms with Gasteiger partial charge in [0, 0.05) is 12.1 Å². The highest BCUT2D eigenvalue weighted by molar-refractivity contribution is 7.22. The van der Waals surface area contributed by atoms with E-state index >= 15 is 0 Å². The van der Waals surface area contributed by atoms with Crippen LogP contribution in [-0.2, 0) is 0 Å². The van der Waals surface area contributed by atoms with Crippen LogP contribution in [0, 0.1) is 30.9 Å². The summed E-state index contributed by atoms with van der Waals surface area (Å²) in [5.74, 6) is -0.575. The molecule has 36 heavy (non-hydrogen) atoms. The number of hydrogen-bond donors (Lipinski definition) is 0. The van der Waals surface area contributed by atoms with Gasteiger partial charge in [-0.3, -0.25) is 24.6 Å². The predicted octanol–water partition coefficient (Wildman–Crippen LogP) is 5.99. The third-order valence-corrected chi connectivity index (χ3v) is 7.45. The quantitative estimate of drug-likeness (QED) is 0.224. The van der Waals surface area contributed by atoms with Crippen LogP contribution >= 0.6 is 11.3 Å². The third kappa shape index (κ3) is 3.24. The topological polar surface area (TPSA) is 107 Å². The normalized spacial score (nSPS) is 15.1. The van der Waals surface area contributed by atoms with Crippen LogP contribution in [0.25, 0.3) is 21.2 Å². The Labute approximate surface area is 208 Å². The molecule has 2 aromatic heterocycles. The number of non-ortho nitro benzene ring substituents is 1. The van der Waals surface area contributed by atoms with E-state index in [4.69, 9.17) is 9.40 Å². The zero-order valence-corrected chi connectivity index (χ0v) is 20.4. The first-order valence-corrected chi connectivity index (χ1v) is 12.1. The Bertz CT molecular complexity index is 1820. The lowest BCUT2D eigenvalue weighted by Gasteiger charge is -2.22. The number of amides is 1. The van der Waals surface area contributed by atoms with Crippen molar-refractivity contribution < 1.29 is 14.1 Å². The fraction of sp³-hybridized carbons (Fsp3) is 0.148. The molecular weight excluding hydrogens is 478 g/mol. The van der Waals surface area contributed by atoms with Crippen molar-refractivity contribution in [3.63, 3.8) is 0 Å². The molecule has 0 fully saturated rings. The predicted molar refractivity (Wildman–Crippen MR) is 138 cm³/mol. The largest absolute Gasteiger partial charge is 0.450 e. The van der Waals surface area contributed by atoms with Crippen LogP contribution in [0.15, 0.2) is 63.8 Å². The molecule has 0 spiro atoms. The van der Waals surface area contributed by atoms with E-state index in [1.807, 2.05) is 39.0 Å². The fourth-order valence-corrected chi connectivity index (χ4v) is 6.04. The van der Waals surface area contributed by atoms with Crippen molar-refractivity contribution in [3.05, 3.63) is 109 Å². The highest BCUT2D eigenvalue weighted by atomic mass is 32.1. The molecule has 0 unspecified atom stereocenters. The van der Waals surface area contributed by atoms with Crippen molar-refractivity contribution >= 4 is 49.2 Å². The highest BCUT2D eigenvalue weighted by Gasteiger charge is 2.45. The maximum atomic E-state index is 13.8. The maximum Gasteiger partial charge on any atom is 0.297 e. The Morgan fingerprint density at radius 2 is 1.83 bits per heavy atom. The number of anilines is 1. The molecule has 1 aliphatic heterocycles. The van der Waals surface area contributed by atoms with Gasteiger partial charge >= 0.3 is 0 Å². The number of aryl methyl sites for hydroxylation is 3. The lowest BCUT2D eigenvalue weighted by Crippen LogP contribution is -2.29. The van der Waals surface area contributed by atoms with E-state index in [1.165, 1.54) is 28.4 Å². The van der Waals surface area contributed by atoms with Gasteiger partial charge in [0.25, 0.3) is 11.6 Å². The van der Waals surface area contributed by atoms with Crippen LogP contribution in [0.4, 0.5) is 10.8 Å². The van der Waals surface area contributed by atoms with Gasteiger partial charge in [0.15, 0.2) is 10.6 Å². The lowest BCUT2D eigenvalue weighted by atomic mass is 9.98. The summed E-state index contributed by atoms with van der Waals surface area (Å²) < 4.78 is 6.91. The molecule has 3 heterocycles. The summed E-state index contributed by atoms with van der Waals surface area (Å²) in [7, 11) is 0. The molecule has 1 amide bonds. The van der Waals surface area contributed by atoms with Gasteiger partial charge in [-0.15, -0.1) is 0 Å². The third-order valence-electron chi connectivity index (χ3n) is 6.45. The summed E-state index contributed by atoms with van der Waals surface area (Å²) in [4.78, 5) is 44.8. The van der Waals surface area contributed by atoms with Crippen molar-refractivity contribution in [2.24, 2.45) is 0 Å². The molecule has 178 valence electrons. The molecule has 3 aromatic carbocycles. The smallest absolute Gasteiger partial charge is 0.297 e. The van der Waals surface area contributed by atoms with E-state index in [2.05, 4.69) is 0 Å².